The summed E-state index contributed by atoms with van der Waals surface area (Å²) in [6, 6.07) is 10.1. The molecule has 0 saturated heterocycles. The van der Waals surface area contributed by atoms with Gasteiger partial charge in [-0.3, -0.25) is 9.48 Å². The summed E-state index contributed by atoms with van der Waals surface area (Å²) in [5.41, 5.74) is 2.82. The number of carbonyl (C=O) groups excluding carboxylic acids is 1. The molecule has 7 heteroatoms. The van der Waals surface area contributed by atoms with Gasteiger partial charge in [0.1, 0.15) is 0 Å². The van der Waals surface area contributed by atoms with E-state index in [0.29, 0.717) is 31.1 Å². The third-order valence-corrected chi connectivity index (χ3v) is 5.84. The van der Waals surface area contributed by atoms with Crippen LogP contribution in [0.15, 0.2) is 41.4 Å². The average Bonchev–Trinajstić information content (AvgIpc) is 3.21. The first-order valence-electron chi connectivity index (χ1n) is 8.72. The zero-order valence-corrected chi connectivity index (χ0v) is 15.7. The van der Waals surface area contributed by atoms with Crippen molar-refractivity contribution in [3.63, 3.8) is 0 Å². The predicted molar refractivity (Wildman–Crippen MR) is 102 cm³/mol. The normalized spacial score (nSPS) is 15.3. The third-order valence-electron chi connectivity index (χ3n) is 4.81. The molecule has 1 aliphatic heterocycles. The molecule has 0 aliphatic carbocycles. The molecular formula is C19H22N4O2S. The van der Waals surface area contributed by atoms with E-state index in [0.717, 1.165) is 10.6 Å². The number of rotatable bonds is 4. The first-order valence-corrected chi connectivity index (χ1v) is 9.71. The Morgan fingerprint density at radius 1 is 1.35 bits per heavy atom. The summed E-state index contributed by atoms with van der Waals surface area (Å²) in [5.74, 6) is 0.555. The van der Waals surface area contributed by atoms with E-state index in [1.165, 1.54) is 10.9 Å². The van der Waals surface area contributed by atoms with Crippen LogP contribution in [-0.2, 0) is 24.9 Å². The lowest BCUT2D eigenvalue weighted by molar-refractivity contribution is -0.129. The summed E-state index contributed by atoms with van der Waals surface area (Å²) in [7, 11) is 2.03. The second-order valence-electron chi connectivity index (χ2n) is 6.69. The Labute approximate surface area is 156 Å². The summed E-state index contributed by atoms with van der Waals surface area (Å²) in [6.07, 6.45) is 1.50. The van der Waals surface area contributed by atoms with Gasteiger partial charge in [-0.25, -0.2) is 0 Å². The van der Waals surface area contributed by atoms with Gasteiger partial charge >= 0.3 is 0 Å². The number of hydrogen-bond donors (Lipinski definition) is 1. The molecule has 3 heterocycles. The smallest absolute Gasteiger partial charge is 0.233 e. The first-order chi connectivity index (χ1) is 12.5. The average molecular weight is 370 g/mol. The third kappa shape index (κ3) is 3.12. The Bertz CT molecular complexity index is 960. The Kier molecular flexibility index (Phi) is 4.50. The molecule has 1 atom stereocenters. The number of thioether (sulfide) groups is 1. The highest BCUT2D eigenvalue weighted by atomic mass is 32.2. The molecule has 0 bridgehead atoms. The monoisotopic (exact) mass is 370 g/mol. The minimum Gasteiger partial charge on any atom is -0.387 e. The molecule has 0 spiro atoms. The topological polar surface area (TPSA) is 63.3 Å². The Morgan fingerprint density at radius 2 is 2.15 bits per heavy atom. The zero-order valence-electron chi connectivity index (χ0n) is 14.9. The molecule has 1 N–H and O–H groups in total. The number of amides is 1. The van der Waals surface area contributed by atoms with Gasteiger partial charge in [-0.15, -0.1) is 11.8 Å². The van der Waals surface area contributed by atoms with E-state index in [4.69, 9.17) is 0 Å². The standard InChI is InChI=1S/C19H22N4O2S/c1-13(24)16-9-14-10-22(7-8-23(14)20-16)19(25)12-26-18-11-21(2)17-6-4-3-5-15(17)18/h3-6,9,11,13,24H,7-8,10,12H2,1-2H3/t13-/m1/s1. The van der Waals surface area contributed by atoms with Crippen molar-refractivity contribution < 1.29 is 9.90 Å². The van der Waals surface area contributed by atoms with Gasteiger partial charge in [0.2, 0.25) is 5.91 Å². The van der Waals surface area contributed by atoms with Crippen molar-refractivity contribution in [2.24, 2.45) is 7.05 Å². The molecule has 1 aliphatic rings. The van der Waals surface area contributed by atoms with Crippen molar-refractivity contribution in [1.82, 2.24) is 19.2 Å². The van der Waals surface area contributed by atoms with Crippen molar-refractivity contribution in [2.75, 3.05) is 12.3 Å². The molecule has 4 rings (SSSR count). The molecule has 6 nitrogen and oxygen atoms in total. The fraction of sp³-hybridized carbons (Fsp3) is 0.368. The number of para-hydroxylation sites is 1. The quantitative estimate of drug-likeness (QED) is 0.717. The maximum Gasteiger partial charge on any atom is 0.233 e. The lowest BCUT2D eigenvalue weighted by Gasteiger charge is -2.27. The van der Waals surface area contributed by atoms with Gasteiger partial charge in [-0.2, -0.15) is 5.10 Å². The summed E-state index contributed by atoms with van der Waals surface area (Å²) in [4.78, 5) is 15.7. The first kappa shape index (κ1) is 17.2. The van der Waals surface area contributed by atoms with E-state index in [1.54, 1.807) is 18.7 Å². The number of aliphatic hydroxyl groups is 1. The minimum atomic E-state index is -0.584. The largest absolute Gasteiger partial charge is 0.387 e. The lowest BCUT2D eigenvalue weighted by atomic mass is 10.2. The van der Waals surface area contributed by atoms with Gasteiger partial charge in [-0.05, 0) is 19.1 Å². The van der Waals surface area contributed by atoms with E-state index in [9.17, 15) is 9.90 Å². The van der Waals surface area contributed by atoms with Crippen LogP contribution in [0, 0.1) is 0 Å². The second kappa shape index (κ2) is 6.81. The fourth-order valence-electron chi connectivity index (χ4n) is 3.36. The van der Waals surface area contributed by atoms with Crippen molar-refractivity contribution in [1.29, 1.82) is 0 Å². The molecular weight excluding hydrogens is 348 g/mol. The van der Waals surface area contributed by atoms with Crippen LogP contribution in [0.1, 0.15) is 24.4 Å². The van der Waals surface area contributed by atoms with Crippen LogP contribution in [0.25, 0.3) is 10.9 Å². The minimum absolute atomic E-state index is 0.133. The number of aliphatic hydroxyl groups excluding tert-OH is 1. The van der Waals surface area contributed by atoms with Crippen molar-refractivity contribution in [3.05, 3.63) is 47.9 Å². The number of nitrogens with zero attached hydrogens (tertiary/aromatic N) is 4. The fourth-order valence-corrected chi connectivity index (χ4v) is 4.38. The number of fused-ring (bicyclic) bond motifs is 2. The lowest BCUT2D eigenvalue weighted by Crippen LogP contribution is -2.39. The van der Waals surface area contributed by atoms with Crippen molar-refractivity contribution in [2.45, 2.75) is 31.0 Å². The van der Waals surface area contributed by atoms with E-state index >= 15 is 0 Å². The number of aromatic nitrogens is 3. The van der Waals surface area contributed by atoms with E-state index in [-0.39, 0.29) is 5.91 Å². The van der Waals surface area contributed by atoms with Crippen molar-refractivity contribution in [3.8, 4) is 0 Å². The van der Waals surface area contributed by atoms with Crippen LogP contribution in [0.3, 0.4) is 0 Å². The van der Waals surface area contributed by atoms with Gasteiger partial charge in [0.25, 0.3) is 0 Å². The number of carbonyl (C=O) groups is 1. The summed E-state index contributed by atoms with van der Waals surface area (Å²) < 4.78 is 3.99. The van der Waals surface area contributed by atoms with Gasteiger partial charge < -0.3 is 14.6 Å². The molecule has 136 valence electrons. The van der Waals surface area contributed by atoms with Crippen LogP contribution in [0.5, 0.6) is 0 Å². The van der Waals surface area contributed by atoms with Crippen molar-refractivity contribution >= 4 is 28.6 Å². The maximum absolute atomic E-state index is 12.7. The number of benzene rings is 1. The van der Waals surface area contributed by atoms with E-state index in [2.05, 4.69) is 28.0 Å². The highest BCUT2D eigenvalue weighted by molar-refractivity contribution is 8.00. The van der Waals surface area contributed by atoms with E-state index < -0.39 is 6.10 Å². The highest BCUT2D eigenvalue weighted by Gasteiger charge is 2.23. The van der Waals surface area contributed by atoms with Crippen LogP contribution >= 0.6 is 11.8 Å². The molecule has 1 aromatic carbocycles. The molecule has 0 fully saturated rings. The van der Waals surface area contributed by atoms with Crippen LogP contribution in [-0.4, -0.2) is 42.6 Å². The molecule has 0 saturated carbocycles. The Balaban J connectivity index is 1.43. The Morgan fingerprint density at radius 3 is 2.96 bits per heavy atom. The highest BCUT2D eigenvalue weighted by Crippen LogP contribution is 2.29. The molecule has 0 unspecified atom stereocenters. The SMILES string of the molecule is C[C@@H](O)c1cc2n(n1)CCN(C(=O)CSc1cn(C)c3ccccc13)C2. The van der Waals surface area contributed by atoms with Crippen LogP contribution in [0.4, 0.5) is 0 Å². The molecule has 0 radical (unpaired) electrons. The second-order valence-corrected chi connectivity index (χ2v) is 7.70. The van der Waals surface area contributed by atoms with Crippen LogP contribution in [0.2, 0.25) is 0 Å². The summed E-state index contributed by atoms with van der Waals surface area (Å²) in [5, 5.41) is 15.3. The zero-order chi connectivity index (χ0) is 18.3. The molecule has 2 aromatic heterocycles. The van der Waals surface area contributed by atoms with Gasteiger partial charge in [-0.1, -0.05) is 18.2 Å². The van der Waals surface area contributed by atoms with E-state index in [1.807, 2.05) is 34.8 Å². The summed E-state index contributed by atoms with van der Waals surface area (Å²) in [6.45, 7) is 3.59. The molecule has 26 heavy (non-hydrogen) atoms. The number of hydrogen-bond acceptors (Lipinski definition) is 4. The number of aryl methyl sites for hydroxylation is 1. The molecule has 1 amide bonds. The summed E-state index contributed by atoms with van der Waals surface area (Å²) >= 11 is 1.59. The van der Waals surface area contributed by atoms with Gasteiger partial charge in [0, 0.05) is 35.6 Å². The molecule has 3 aromatic rings. The maximum atomic E-state index is 12.7. The van der Waals surface area contributed by atoms with Gasteiger partial charge in [0.05, 0.1) is 36.3 Å². The predicted octanol–water partition coefficient (Wildman–Crippen LogP) is 2.56. The van der Waals surface area contributed by atoms with Gasteiger partial charge in [0.15, 0.2) is 0 Å². The van der Waals surface area contributed by atoms with Crippen LogP contribution < -0.4 is 0 Å². The Hall–Kier alpha value is -2.25.